The van der Waals surface area contributed by atoms with E-state index in [1.165, 1.54) is 6.08 Å². The van der Waals surface area contributed by atoms with Crippen molar-refractivity contribution in [2.24, 2.45) is 0 Å². The van der Waals surface area contributed by atoms with Crippen molar-refractivity contribution in [1.29, 1.82) is 5.26 Å². The lowest BCUT2D eigenvalue weighted by molar-refractivity contribution is -0.137. The average Bonchev–Trinajstić information content (AvgIpc) is 3.03. The van der Waals surface area contributed by atoms with Crippen LogP contribution in [0.1, 0.15) is 23.6 Å². The van der Waals surface area contributed by atoms with Crippen molar-refractivity contribution in [1.82, 2.24) is 4.98 Å². The molecule has 0 spiro atoms. The van der Waals surface area contributed by atoms with Crippen molar-refractivity contribution < 1.29 is 9.53 Å². The predicted octanol–water partition coefficient (Wildman–Crippen LogP) is 4.03. The Morgan fingerprint density at radius 2 is 2.00 bits per heavy atom. The van der Waals surface area contributed by atoms with E-state index in [0.29, 0.717) is 12.2 Å². The van der Waals surface area contributed by atoms with E-state index in [4.69, 9.17) is 4.74 Å². The van der Waals surface area contributed by atoms with Gasteiger partial charge in [0.2, 0.25) is 0 Å². The molecule has 1 aromatic heterocycles. The Balaban J connectivity index is 2.15. The van der Waals surface area contributed by atoms with Crippen molar-refractivity contribution in [3.8, 4) is 6.07 Å². The van der Waals surface area contributed by atoms with Crippen LogP contribution < -0.4 is 0 Å². The minimum Gasteiger partial charge on any atom is -0.463 e. The number of aromatic amines is 1. The van der Waals surface area contributed by atoms with E-state index in [1.807, 2.05) is 48.5 Å². The molecule has 4 heteroatoms. The minimum absolute atomic E-state index is 0.326. The molecule has 0 aliphatic rings. The second kappa shape index (κ2) is 6.84. The van der Waals surface area contributed by atoms with Crippen LogP contribution in [-0.2, 0) is 9.53 Å². The maximum Gasteiger partial charge on any atom is 0.331 e. The van der Waals surface area contributed by atoms with Gasteiger partial charge in [-0.1, -0.05) is 36.4 Å². The summed E-state index contributed by atoms with van der Waals surface area (Å²) in [5.74, 6) is -0.383. The summed E-state index contributed by atoms with van der Waals surface area (Å²) >= 11 is 0. The highest BCUT2D eigenvalue weighted by Crippen LogP contribution is 2.28. The number of carbonyl (C=O) groups is 1. The van der Waals surface area contributed by atoms with Gasteiger partial charge in [0.1, 0.15) is 6.07 Å². The molecule has 118 valence electrons. The Labute approximate surface area is 140 Å². The smallest absolute Gasteiger partial charge is 0.331 e. The summed E-state index contributed by atoms with van der Waals surface area (Å²) in [5.41, 5.74) is 4.01. The molecule has 0 bridgehead atoms. The molecule has 0 amide bonds. The Morgan fingerprint density at radius 3 is 2.71 bits per heavy atom. The van der Waals surface area contributed by atoms with Crippen LogP contribution in [0, 0.1) is 11.3 Å². The van der Waals surface area contributed by atoms with E-state index >= 15 is 0 Å². The SMILES string of the molecule is CCOC(=O)C=C(c1ccccc1)c1ccc2[nH]cc(C#N)c2c1. The molecule has 0 atom stereocenters. The summed E-state index contributed by atoms with van der Waals surface area (Å²) in [6.07, 6.45) is 3.18. The highest BCUT2D eigenvalue weighted by atomic mass is 16.5. The lowest BCUT2D eigenvalue weighted by Gasteiger charge is -2.09. The molecule has 0 unspecified atom stereocenters. The third-order valence-corrected chi connectivity index (χ3v) is 3.75. The zero-order chi connectivity index (χ0) is 16.9. The van der Waals surface area contributed by atoms with E-state index in [0.717, 1.165) is 27.6 Å². The van der Waals surface area contributed by atoms with E-state index in [2.05, 4.69) is 11.1 Å². The number of benzene rings is 2. The zero-order valence-electron chi connectivity index (χ0n) is 13.2. The maximum absolute atomic E-state index is 12.0. The molecule has 4 nitrogen and oxygen atoms in total. The number of nitrogens with one attached hydrogen (secondary N) is 1. The number of H-pyrrole nitrogens is 1. The molecule has 0 saturated heterocycles. The van der Waals surface area contributed by atoms with Crippen LogP contribution in [0.25, 0.3) is 16.5 Å². The predicted molar refractivity (Wildman–Crippen MR) is 93.2 cm³/mol. The van der Waals surface area contributed by atoms with Gasteiger partial charge in [0, 0.05) is 23.2 Å². The number of nitriles is 1. The van der Waals surface area contributed by atoms with Crippen LogP contribution in [0.15, 0.2) is 60.8 Å². The summed E-state index contributed by atoms with van der Waals surface area (Å²) in [6.45, 7) is 2.10. The Bertz CT molecular complexity index is 947. The molecule has 0 aliphatic carbocycles. The maximum atomic E-state index is 12.0. The monoisotopic (exact) mass is 316 g/mol. The summed E-state index contributed by atoms with van der Waals surface area (Å²) in [6, 6.07) is 17.6. The van der Waals surface area contributed by atoms with Crippen molar-refractivity contribution >= 4 is 22.4 Å². The normalized spacial score (nSPS) is 11.2. The van der Waals surface area contributed by atoms with Gasteiger partial charge in [-0.3, -0.25) is 0 Å². The molecule has 1 heterocycles. The lowest BCUT2D eigenvalue weighted by Crippen LogP contribution is -2.01. The third-order valence-electron chi connectivity index (χ3n) is 3.75. The number of ether oxygens (including phenoxy) is 1. The van der Waals surface area contributed by atoms with Crippen molar-refractivity contribution in [3.63, 3.8) is 0 Å². The molecule has 24 heavy (non-hydrogen) atoms. The molecular formula is C20H16N2O2. The molecule has 0 radical (unpaired) electrons. The van der Waals surface area contributed by atoms with Gasteiger partial charge in [-0.15, -0.1) is 0 Å². The fraction of sp³-hybridized carbons (Fsp3) is 0.100. The van der Waals surface area contributed by atoms with Gasteiger partial charge in [0.15, 0.2) is 0 Å². The molecule has 0 fully saturated rings. The van der Waals surface area contributed by atoms with Crippen LogP contribution in [0.5, 0.6) is 0 Å². The molecule has 0 saturated carbocycles. The number of fused-ring (bicyclic) bond motifs is 1. The highest BCUT2D eigenvalue weighted by molar-refractivity contribution is 5.98. The van der Waals surface area contributed by atoms with Crippen LogP contribution in [-0.4, -0.2) is 17.6 Å². The fourth-order valence-electron chi connectivity index (χ4n) is 2.63. The van der Waals surface area contributed by atoms with E-state index in [-0.39, 0.29) is 5.97 Å². The molecule has 3 aromatic rings. The van der Waals surface area contributed by atoms with Crippen LogP contribution in [0.2, 0.25) is 0 Å². The number of nitrogens with zero attached hydrogens (tertiary/aromatic N) is 1. The van der Waals surface area contributed by atoms with Crippen LogP contribution in [0.4, 0.5) is 0 Å². The van der Waals surface area contributed by atoms with Gasteiger partial charge in [-0.05, 0) is 35.8 Å². The van der Waals surface area contributed by atoms with E-state index < -0.39 is 0 Å². The number of rotatable bonds is 4. The van der Waals surface area contributed by atoms with Gasteiger partial charge in [-0.25, -0.2) is 4.79 Å². The van der Waals surface area contributed by atoms with Gasteiger partial charge in [-0.2, -0.15) is 5.26 Å². The van der Waals surface area contributed by atoms with E-state index in [9.17, 15) is 10.1 Å². The topological polar surface area (TPSA) is 65.9 Å². The summed E-state index contributed by atoms with van der Waals surface area (Å²) in [5, 5.41) is 10.1. The number of esters is 1. The largest absolute Gasteiger partial charge is 0.463 e. The van der Waals surface area contributed by atoms with Crippen LogP contribution >= 0.6 is 0 Å². The van der Waals surface area contributed by atoms with Crippen molar-refractivity contribution in [2.75, 3.05) is 6.61 Å². The number of carbonyl (C=O) groups excluding carboxylic acids is 1. The first-order chi connectivity index (χ1) is 11.7. The van der Waals surface area contributed by atoms with Gasteiger partial charge in [0.25, 0.3) is 0 Å². The Hall–Kier alpha value is -3.32. The average molecular weight is 316 g/mol. The summed E-state index contributed by atoms with van der Waals surface area (Å²) < 4.78 is 5.06. The Morgan fingerprint density at radius 1 is 1.21 bits per heavy atom. The van der Waals surface area contributed by atoms with E-state index in [1.54, 1.807) is 13.1 Å². The summed E-state index contributed by atoms with van der Waals surface area (Å²) in [4.78, 5) is 15.1. The van der Waals surface area contributed by atoms with Crippen LogP contribution in [0.3, 0.4) is 0 Å². The molecule has 3 rings (SSSR count). The second-order valence-electron chi connectivity index (χ2n) is 5.25. The quantitative estimate of drug-likeness (QED) is 0.583. The van der Waals surface area contributed by atoms with Crippen molar-refractivity contribution in [3.05, 3.63) is 77.5 Å². The first kappa shape index (κ1) is 15.6. The lowest BCUT2D eigenvalue weighted by atomic mass is 9.96. The van der Waals surface area contributed by atoms with Gasteiger partial charge in [0.05, 0.1) is 12.2 Å². The fourth-order valence-corrected chi connectivity index (χ4v) is 2.63. The highest BCUT2D eigenvalue weighted by Gasteiger charge is 2.11. The zero-order valence-corrected chi connectivity index (χ0v) is 13.2. The molecule has 1 N–H and O–H groups in total. The molecule has 2 aromatic carbocycles. The van der Waals surface area contributed by atoms with Gasteiger partial charge < -0.3 is 9.72 Å². The third kappa shape index (κ3) is 3.06. The first-order valence-corrected chi connectivity index (χ1v) is 7.68. The number of aromatic nitrogens is 1. The molecule has 0 aliphatic heterocycles. The summed E-state index contributed by atoms with van der Waals surface area (Å²) in [7, 11) is 0. The van der Waals surface area contributed by atoms with Gasteiger partial charge >= 0.3 is 5.97 Å². The molecular weight excluding hydrogens is 300 g/mol. The minimum atomic E-state index is -0.383. The number of hydrogen-bond acceptors (Lipinski definition) is 3. The standard InChI is InChI=1S/C20H16N2O2/c1-2-24-20(23)11-17(14-6-4-3-5-7-14)15-8-9-19-18(10-15)16(12-21)13-22-19/h3-11,13,22H,2H2,1H3. The Kier molecular flexibility index (Phi) is 4.44. The first-order valence-electron chi connectivity index (χ1n) is 7.68. The van der Waals surface area contributed by atoms with Crippen molar-refractivity contribution in [2.45, 2.75) is 6.92 Å². The number of hydrogen-bond donors (Lipinski definition) is 1. The second-order valence-corrected chi connectivity index (χ2v) is 5.25.